The third kappa shape index (κ3) is 2.20. The smallest absolute Gasteiger partial charge is 0.274 e. The van der Waals surface area contributed by atoms with Crippen LogP contribution in [-0.4, -0.2) is 12.1 Å². The molecule has 0 bridgehead atoms. The van der Waals surface area contributed by atoms with Crippen molar-refractivity contribution in [2.45, 2.75) is 6.92 Å². The number of aryl methyl sites for hydroxylation is 1. The molecule has 2 aromatic rings. The zero-order valence-corrected chi connectivity index (χ0v) is 8.64. The maximum atomic E-state index is 11.5. The van der Waals surface area contributed by atoms with E-state index in [9.17, 15) is 4.79 Å². The summed E-state index contributed by atoms with van der Waals surface area (Å²) in [5, 5.41) is 3.78. The molecule has 0 fully saturated rings. The number of carbonyl (C=O) groups excluding carboxylic acids is 1. The SMILES string of the molecule is Cc1occc1C(=O)N/N=C\c1ccoc1. The Bertz CT molecular complexity index is 497. The molecule has 2 heterocycles. The van der Waals surface area contributed by atoms with E-state index >= 15 is 0 Å². The van der Waals surface area contributed by atoms with Crippen molar-refractivity contribution >= 4 is 12.1 Å². The third-order valence-electron chi connectivity index (χ3n) is 2.03. The Morgan fingerprint density at radius 1 is 1.44 bits per heavy atom. The van der Waals surface area contributed by atoms with Crippen LogP contribution in [0.1, 0.15) is 21.7 Å². The molecule has 0 radical (unpaired) electrons. The van der Waals surface area contributed by atoms with E-state index < -0.39 is 0 Å². The van der Waals surface area contributed by atoms with Gasteiger partial charge in [0, 0.05) is 5.56 Å². The second kappa shape index (κ2) is 4.48. The number of amides is 1. The van der Waals surface area contributed by atoms with Gasteiger partial charge in [-0.1, -0.05) is 0 Å². The van der Waals surface area contributed by atoms with Gasteiger partial charge in [-0.3, -0.25) is 4.79 Å². The standard InChI is InChI=1S/C11H10N2O3/c1-8-10(3-5-16-8)11(14)13-12-6-9-2-4-15-7-9/h2-7H,1H3,(H,13,14)/b12-6-. The first-order valence-electron chi connectivity index (χ1n) is 4.67. The molecular formula is C11H10N2O3. The Labute approximate surface area is 91.7 Å². The molecule has 0 saturated heterocycles. The number of carbonyl (C=O) groups is 1. The van der Waals surface area contributed by atoms with Crippen molar-refractivity contribution in [3.8, 4) is 0 Å². The van der Waals surface area contributed by atoms with E-state index in [4.69, 9.17) is 8.83 Å². The Hall–Kier alpha value is -2.30. The summed E-state index contributed by atoms with van der Waals surface area (Å²) in [4.78, 5) is 11.5. The second-order valence-electron chi connectivity index (χ2n) is 3.15. The highest BCUT2D eigenvalue weighted by molar-refractivity contribution is 5.95. The normalized spacial score (nSPS) is 10.8. The summed E-state index contributed by atoms with van der Waals surface area (Å²) in [6.07, 6.45) is 6.02. The number of nitrogens with one attached hydrogen (secondary N) is 1. The quantitative estimate of drug-likeness (QED) is 0.632. The topological polar surface area (TPSA) is 67.7 Å². The summed E-state index contributed by atoms with van der Waals surface area (Å²) < 4.78 is 9.85. The largest absolute Gasteiger partial charge is 0.472 e. The van der Waals surface area contributed by atoms with E-state index in [0.717, 1.165) is 5.56 Å². The lowest BCUT2D eigenvalue weighted by Gasteiger charge is -1.96. The van der Waals surface area contributed by atoms with Gasteiger partial charge < -0.3 is 8.83 Å². The summed E-state index contributed by atoms with van der Waals surface area (Å²) in [7, 11) is 0. The summed E-state index contributed by atoms with van der Waals surface area (Å²) in [6, 6.07) is 3.33. The minimum atomic E-state index is -0.300. The van der Waals surface area contributed by atoms with Gasteiger partial charge in [0.1, 0.15) is 5.76 Å². The Kier molecular flexibility index (Phi) is 2.86. The van der Waals surface area contributed by atoms with Crippen molar-refractivity contribution in [2.75, 3.05) is 0 Å². The van der Waals surface area contributed by atoms with Crippen molar-refractivity contribution in [2.24, 2.45) is 5.10 Å². The Balaban J connectivity index is 1.97. The van der Waals surface area contributed by atoms with Crippen LogP contribution in [0, 0.1) is 6.92 Å². The predicted molar refractivity (Wildman–Crippen MR) is 57.2 cm³/mol. The minimum Gasteiger partial charge on any atom is -0.472 e. The lowest BCUT2D eigenvalue weighted by Crippen LogP contribution is -2.17. The maximum absolute atomic E-state index is 11.5. The van der Waals surface area contributed by atoms with Crippen LogP contribution in [0.4, 0.5) is 0 Å². The lowest BCUT2D eigenvalue weighted by molar-refractivity contribution is 0.0953. The molecule has 1 amide bonds. The van der Waals surface area contributed by atoms with E-state index in [-0.39, 0.29) is 5.91 Å². The molecule has 2 rings (SSSR count). The van der Waals surface area contributed by atoms with Crippen LogP contribution in [0.5, 0.6) is 0 Å². The van der Waals surface area contributed by atoms with Crippen molar-refractivity contribution in [1.29, 1.82) is 0 Å². The molecule has 0 atom stereocenters. The molecule has 5 heteroatoms. The van der Waals surface area contributed by atoms with Crippen LogP contribution in [0.2, 0.25) is 0 Å². The molecule has 5 nitrogen and oxygen atoms in total. The summed E-state index contributed by atoms with van der Waals surface area (Å²) >= 11 is 0. The van der Waals surface area contributed by atoms with E-state index in [1.807, 2.05) is 0 Å². The fourth-order valence-corrected chi connectivity index (χ4v) is 1.19. The molecule has 82 valence electrons. The Morgan fingerprint density at radius 3 is 2.94 bits per heavy atom. The maximum Gasteiger partial charge on any atom is 0.274 e. The predicted octanol–water partition coefficient (Wildman–Crippen LogP) is 1.94. The summed E-state index contributed by atoms with van der Waals surface area (Å²) in [5.74, 6) is 0.266. The first kappa shape index (κ1) is 10.2. The number of hydrazone groups is 1. The summed E-state index contributed by atoms with van der Waals surface area (Å²) in [6.45, 7) is 1.72. The van der Waals surface area contributed by atoms with E-state index in [0.29, 0.717) is 11.3 Å². The lowest BCUT2D eigenvalue weighted by atomic mass is 10.2. The van der Waals surface area contributed by atoms with Crippen LogP contribution >= 0.6 is 0 Å². The number of furan rings is 2. The van der Waals surface area contributed by atoms with Crippen molar-refractivity contribution in [3.63, 3.8) is 0 Å². The minimum absolute atomic E-state index is 0.300. The number of hydrogen-bond donors (Lipinski definition) is 1. The van der Waals surface area contributed by atoms with Gasteiger partial charge in [0.05, 0.1) is 30.6 Å². The number of nitrogens with zero attached hydrogens (tertiary/aromatic N) is 1. The monoisotopic (exact) mass is 218 g/mol. The number of rotatable bonds is 3. The molecule has 0 aliphatic rings. The van der Waals surface area contributed by atoms with Crippen LogP contribution in [0.25, 0.3) is 0 Å². The van der Waals surface area contributed by atoms with Crippen LogP contribution in [0.15, 0.2) is 44.9 Å². The highest BCUT2D eigenvalue weighted by Crippen LogP contribution is 2.07. The highest BCUT2D eigenvalue weighted by atomic mass is 16.3. The van der Waals surface area contributed by atoms with Gasteiger partial charge in [0.2, 0.25) is 0 Å². The number of hydrogen-bond acceptors (Lipinski definition) is 4. The highest BCUT2D eigenvalue weighted by Gasteiger charge is 2.09. The molecule has 0 aliphatic heterocycles. The van der Waals surface area contributed by atoms with Crippen LogP contribution < -0.4 is 5.43 Å². The van der Waals surface area contributed by atoms with Crippen molar-refractivity contribution < 1.29 is 13.6 Å². The fraction of sp³-hybridized carbons (Fsp3) is 0.0909. The molecule has 0 aliphatic carbocycles. The molecule has 0 aromatic carbocycles. The average molecular weight is 218 g/mol. The zero-order valence-electron chi connectivity index (χ0n) is 8.64. The zero-order chi connectivity index (χ0) is 11.4. The van der Waals surface area contributed by atoms with Gasteiger partial charge in [-0.05, 0) is 19.1 Å². The third-order valence-corrected chi connectivity index (χ3v) is 2.03. The summed E-state index contributed by atoms with van der Waals surface area (Å²) in [5.41, 5.74) is 3.65. The average Bonchev–Trinajstić information content (AvgIpc) is 2.88. The van der Waals surface area contributed by atoms with Gasteiger partial charge in [-0.2, -0.15) is 5.10 Å². The molecule has 16 heavy (non-hydrogen) atoms. The first-order valence-corrected chi connectivity index (χ1v) is 4.67. The van der Waals surface area contributed by atoms with Gasteiger partial charge in [-0.25, -0.2) is 5.43 Å². The van der Waals surface area contributed by atoms with Gasteiger partial charge in [0.15, 0.2) is 0 Å². The second-order valence-corrected chi connectivity index (χ2v) is 3.15. The molecule has 0 spiro atoms. The van der Waals surface area contributed by atoms with Gasteiger partial charge in [0.25, 0.3) is 5.91 Å². The van der Waals surface area contributed by atoms with E-state index in [1.54, 1.807) is 19.1 Å². The first-order chi connectivity index (χ1) is 7.77. The van der Waals surface area contributed by atoms with Gasteiger partial charge >= 0.3 is 0 Å². The van der Waals surface area contributed by atoms with E-state index in [1.165, 1.54) is 25.0 Å². The van der Waals surface area contributed by atoms with Gasteiger partial charge in [-0.15, -0.1) is 0 Å². The van der Waals surface area contributed by atoms with Crippen LogP contribution in [-0.2, 0) is 0 Å². The van der Waals surface area contributed by atoms with Crippen molar-refractivity contribution in [1.82, 2.24) is 5.43 Å². The molecule has 1 N–H and O–H groups in total. The molecule has 0 saturated carbocycles. The van der Waals surface area contributed by atoms with E-state index in [2.05, 4.69) is 10.5 Å². The van der Waals surface area contributed by atoms with Crippen LogP contribution in [0.3, 0.4) is 0 Å². The molecule has 0 unspecified atom stereocenters. The van der Waals surface area contributed by atoms with Crippen molar-refractivity contribution in [3.05, 3.63) is 47.8 Å². The molecule has 2 aromatic heterocycles. The molecular weight excluding hydrogens is 208 g/mol. The fourth-order valence-electron chi connectivity index (χ4n) is 1.19. The Morgan fingerprint density at radius 2 is 2.31 bits per heavy atom.